The van der Waals surface area contributed by atoms with Gasteiger partial charge in [0.25, 0.3) is 5.78 Å². The summed E-state index contributed by atoms with van der Waals surface area (Å²) >= 11 is 8.59. The van der Waals surface area contributed by atoms with E-state index in [1.54, 1.807) is 36.4 Å². The van der Waals surface area contributed by atoms with E-state index in [0.717, 1.165) is 12.0 Å². The van der Waals surface area contributed by atoms with E-state index >= 15 is 0 Å². The van der Waals surface area contributed by atoms with Gasteiger partial charge >= 0.3 is 5.91 Å². The first-order valence-electron chi connectivity index (χ1n) is 11.7. The van der Waals surface area contributed by atoms with Crippen LogP contribution in [0.1, 0.15) is 36.3 Å². The standard InChI is InChI=1S/C27H22ClN3O5S2/c1-2-13-35-19-11-7-17(8-12-19)23(32)21-22(20-4-3-14-36-20)31(25(34)24(21)33)26-29-30-27(38-26)37-15-16-5-9-18(28)10-6-16/h3-12,14,22,32H,2,13,15H2,1H3/b23-21-. The Hall–Kier alpha value is -3.60. The number of anilines is 1. The molecule has 1 saturated heterocycles. The summed E-state index contributed by atoms with van der Waals surface area (Å²) in [4.78, 5) is 27.7. The van der Waals surface area contributed by atoms with Crippen LogP contribution in [0.5, 0.6) is 5.75 Å². The second-order valence-corrected chi connectivity index (χ2v) is 10.9. The summed E-state index contributed by atoms with van der Waals surface area (Å²) in [7, 11) is 0. The van der Waals surface area contributed by atoms with Crippen LogP contribution in [0.2, 0.25) is 5.02 Å². The maximum Gasteiger partial charge on any atom is 0.302 e. The number of thioether (sulfide) groups is 1. The van der Waals surface area contributed by atoms with Gasteiger partial charge in [0.2, 0.25) is 5.13 Å². The molecule has 11 heteroatoms. The van der Waals surface area contributed by atoms with Crippen LogP contribution in [0.4, 0.5) is 5.13 Å². The topological polar surface area (TPSA) is 106 Å². The monoisotopic (exact) mass is 567 g/mol. The highest BCUT2D eigenvalue weighted by Crippen LogP contribution is 2.44. The number of halogens is 1. The van der Waals surface area contributed by atoms with Gasteiger partial charge in [0.05, 0.1) is 18.4 Å². The minimum atomic E-state index is -0.997. The molecule has 38 heavy (non-hydrogen) atoms. The van der Waals surface area contributed by atoms with Gasteiger partial charge in [0.1, 0.15) is 23.3 Å². The summed E-state index contributed by atoms with van der Waals surface area (Å²) < 4.78 is 11.8. The fraction of sp³-hybridized carbons (Fsp3) is 0.185. The Bertz CT molecular complexity index is 1470. The number of hydrogen-bond acceptors (Lipinski definition) is 9. The Balaban J connectivity index is 1.46. The number of carbonyl (C=O) groups is 2. The molecular weight excluding hydrogens is 546 g/mol. The summed E-state index contributed by atoms with van der Waals surface area (Å²) in [5.74, 6) is -0.370. The quantitative estimate of drug-likeness (QED) is 0.0804. The number of amides is 1. The number of benzene rings is 2. The third-order valence-electron chi connectivity index (χ3n) is 5.74. The zero-order valence-corrected chi connectivity index (χ0v) is 22.6. The Morgan fingerprint density at radius 3 is 2.58 bits per heavy atom. The number of aliphatic hydroxyl groups is 1. The Kier molecular flexibility index (Phi) is 7.82. The average Bonchev–Trinajstić information content (AvgIpc) is 3.68. The lowest BCUT2D eigenvalue weighted by molar-refractivity contribution is -0.132. The van der Waals surface area contributed by atoms with Crippen molar-refractivity contribution >= 4 is 57.3 Å². The van der Waals surface area contributed by atoms with Gasteiger partial charge in [0.15, 0.2) is 4.34 Å². The third kappa shape index (κ3) is 5.33. The lowest BCUT2D eigenvalue weighted by Crippen LogP contribution is -2.29. The maximum absolute atomic E-state index is 13.2. The molecule has 0 spiro atoms. The molecule has 2 aromatic carbocycles. The normalized spacial score (nSPS) is 16.8. The van der Waals surface area contributed by atoms with Crippen molar-refractivity contribution in [1.29, 1.82) is 0 Å². The SMILES string of the molecule is CCCOc1ccc(/C(O)=C2/C(=O)C(=O)N(c3nnc(SCc4ccc(Cl)cc4)s3)C2c2ccco2)cc1. The average molecular weight is 568 g/mol. The Morgan fingerprint density at radius 2 is 1.89 bits per heavy atom. The molecule has 0 saturated carbocycles. The molecular formula is C27H22ClN3O5S2. The van der Waals surface area contributed by atoms with E-state index in [1.807, 2.05) is 31.2 Å². The number of carbonyl (C=O) groups excluding carboxylic acids is 2. The van der Waals surface area contributed by atoms with Crippen LogP contribution in [-0.4, -0.2) is 33.6 Å². The van der Waals surface area contributed by atoms with Gasteiger partial charge in [-0.25, -0.2) is 0 Å². The first-order chi connectivity index (χ1) is 18.5. The number of aliphatic hydroxyl groups excluding tert-OH is 1. The number of ether oxygens (including phenoxy) is 1. The van der Waals surface area contributed by atoms with Crippen molar-refractivity contribution in [3.63, 3.8) is 0 Å². The van der Waals surface area contributed by atoms with Crippen LogP contribution < -0.4 is 9.64 Å². The van der Waals surface area contributed by atoms with E-state index in [4.69, 9.17) is 20.8 Å². The van der Waals surface area contributed by atoms with Crippen molar-refractivity contribution in [2.24, 2.45) is 0 Å². The van der Waals surface area contributed by atoms with E-state index in [1.165, 1.54) is 34.3 Å². The molecule has 0 aliphatic carbocycles. The van der Waals surface area contributed by atoms with Gasteiger partial charge in [-0.3, -0.25) is 14.5 Å². The molecule has 3 heterocycles. The highest BCUT2D eigenvalue weighted by atomic mass is 35.5. The van der Waals surface area contributed by atoms with Crippen LogP contribution in [-0.2, 0) is 15.3 Å². The molecule has 1 atom stereocenters. The summed E-state index contributed by atoms with van der Waals surface area (Å²) in [6.45, 7) is 2.57. The van der Waals surface area contributed by atoms with Crippen LogP contribution in [0.15, 0.2) is 81.3 Å². The number of aromatic nitrogens is 2. The van der Waals surface area contributed by atoms with Gasteiger partial charge < -0.3 is 14.3 Å². The third-order valence-corrected chi connectivity index (χ3v) is 8.11. The van der Waals surface area contributed by atoms with Crippen LogP contribution in [0.25, 0.3) is 5.76 Å². The lowest BCUT2D eigenvalue weighted by Gasteiger charge is -2.20. The fourth-order valence-corrected chi connectivity index (χ4v) is 5.86. The zero-order valence-electron chi connectivity index (χ0n) is 20.2. The predicted molar refractivity (Wildman–Crippen MR) is 147 cm³/mol. The Labute approximate surface area is 231 Å². The van der Waals surface area contributed by atoms with Gasteiger partial charge in [-0.15, -0.1) is 10.2 Å². The van der Waals surface area contributed by atoms with Crippen LogP contribution >= 0.6 is 34.7 Å². The maximum atomic E-state index is 13.2. The van der Waals surface area contributed by atoms with Gasteiger partial charge in [-0.2, -0.15) is 0 Å². The number of nitrogens with zero attached hydrogens (tertiary/aromatic N) is 3. The molecule has 2 aromatic heterocycles. The molecule has 5 rings (SSSR count). The van der Waals surface area contributed by atoms with Crippen molar-refractivity contribution in [3.8, 4) is 5.75 Å². The van der Waals surface area contributed by atoms with E-state index in [9.17, 15) is 14.7 Å². The van der Waals surface area contributed by atoms with Crippen molar-refractivity contribution in [2.75, 3.05) is 11.5 Å². The van der Waals surface area contributed by atoms with Crippen molar-refractivity contribution in [3.05, 3.63) is 94.4 Å². The summed E-state index contributed by atoms with van der Waals surface area (Å²) in [6.07, 6.45) is 2.31. The predicted octanol–water partition coefficient (Wildman–Crippen LogP) is 6.49. The van der Waals surface area contributed by atoms with Gasteiger partial charge in [-0.05, 0) is 60.5 Å². The fourth-order valence-electron chi connectivity index (χ4n) is 3.91. The number of Topliss-reactive ketones (excluding diaryl/α,β-unsaturated/α-hetero) is 1. The Morgan fingerprint density at radius 1 is 1.13 bits per heavy atom. The zero-order chi connectivity index (χ0) is 26.6. The molecule has 1 aliphatic heterocycles. The molecule has 1 amide bonds. The minimum Gasteiger partial charge on any atom is -0.507 e. The molecule has 0 bridgehead atoms. The van der Waals surface area contributed by atoms with Crippen molar-refractivity contribution in [2.45, 2.75) is 29.5 Å². The van der Waals surface area contributed by atoms with E-state index < -0.39 is 17.7 Å². The second kappa shape index (κ2) is 11.4. The molecule has 8 nitrogen and oxygen atoms in total. The van der Waals surface area contributed by atoms with E-state index in [2.05, 4.69) is 10.2 Å². The van der Waals surface area contributed by atoms with Gasteiger partial charge in [0, 0.05) is 16.3 Å². The first kappa shape index (κ1) is 26.0. The lowest BCUT2D eigenvalue weighted by atomic mass is 9.99. The first-order valence-corrected chi connectivity index (χ1v) is 13.9. The molecule has 0 radical (unpaired) electrons. The smallest absolute Gasteiger partial charge is 0.302 e. The number of furan rings is 1. The molecule has 1 fully saturated rings. The highest BCUT2D eigenvalue weighted by molar-refractivity contribution is 8.00. The van der Waals surface area contributed by atoms with Crippen molar-refractivity contribution < 1.29 is 23.8 Å². The van der Waals surface area contributed by atoms with E-state index in [-0.39, 0.29) is 16.5 Å². The number of ketones is 1. The summed E-state index contributed by atoms with van der Waals surface area (Å²) in [5, 5.41) is 20.5. The van der Waals surface area contributed by atoms with E-state index in [0.29, 0.717) is 38.8 Å². The molecule has 1 aliphatic rings. The van der Waals surface area contributed by atoms with Crippen molar-refractivity contribution in [1.82, 2.24) is 10.2 Å². The molecule has 1 N–H and O–H groups in total. The highest BCUT2D eigenvalue weighted by Gasteiger charge is 2.49. The molecule has 4 aromatic rings. The second-order valence-electron chi connectivity index (χ2n) is 8.32. The summed E-state index contributed by atoms with van der Waals surface area (Å²) in [5.41, 5.74) is 1.34. The van der Waals surface area contributed by atoms with Crippen LogP contribution in [0.3, 0.4) is 0 Å². The van der Waals surface area contributed by atoms with Gasteiger partial charge in [-0.1, -0.05) is 53.8 Å². The van der Waals surface area contributed by atoms with Crippen LogP contribution in [0, 0.1) is 0 Å². The number of rotatable bonds is 9. The largest absolute Gasteiger partial charge is 0.507 e. The summed E-state index contributed by atoms with van der Waals surface area (Å²) in [6, 6.07) is 16.5. The minimum absolute atomic E-state index is 0.0854. The molecule has 1 unspecified atom stereocenters. The number of hydrogen-bond donors (Lipinski definition) is 1. The molecule has 194 valence electrons.